The molecule has 0 radical (unpaired) electrons. The maximum atomic E-state index is 13.4. The van der Waals surface area contributed by atoms with Crippen molar-refractivity contribution in [3.8, 4) is 12.3 Å². The second-order valence-corrected chi connectivity index (χ2v) is 13.5. The zero-order chi connectivity index (χ0) is 22.1. The number of carbonyl (C=O) groups is 2. The van der Waals surface area contributed by atoms with E-state index in [2.05, 4.69) is 74.6 Å². The van der Waals surface area contributed by atoms with Crippen LogP contribution >= 0.6 is 34.4 Å². The Morgan fingerprint density at radius 2 is 2.20 bits per heavy atom. The van der Waals surface area contributed by atoms with Crippen LogP contribution in [0.4, 0.5) is 0 Å². The SMILES string of the molecule is BC(B)(B)CNC1CCC2(I)SCC(C(=C)NC(C#C)CC3CCNC3=O)N2C1=O. The van der Waals surface area contributed by atoms with Gasteiger partial charge in [-0.2, -0.15) is 0 Å². The average molecular weight is 538 g/mol. The van der Waals surface area contributed by atoms with E-state index in [1.165, 1.54) is 0 Å². The average Bonchev–Trinajstić information content (AvgIpc) is 3.23. The van der Waals surface area contributed by atoms with Gasteiger partial charge in [-0.15, -0.1) is 18.2 Å². The number of rotatable bonds is 8. The Kier molecular flexibility index (Phi) is 7.51. The molecular weight excluding hydrogens is 508 g/mol. The van der Waals surface area contributed by atoms with Gasteiger partial charge in [-0.05, 0) is 54.8 Å². The van der Waals surface area contributed by atoms with Crippen molar-refractivity contribution in [3.63, 3.8) is 0 Å². The molecule has 3 N–H and O–H groups in total. The number of terminal acetylenes is 1. The van der Waals surface area contributed by atoms with Gasteiger partial charge in [-0.25, -0.2) is 0 Å². The second-order valence-electron chi connectivity index (χ2n) is 9.66. The molecule has 3 rings (SSSR count). The molecule has 0 aromatic rings. The van der Waals surface area contributed by atoms with Crippen molar-refractivity contribution in [2.24, 2.45) is 5.92 Å². The van der Waals surface area contributed by atoms with Gasteiger partial charge in [0.15, 0.2) is 0 Å². The Morgan fingerprint density at radius 1 is 1.47 bits per heavy atom. The minimum atomic E-state index is -0.268. The first kappa shape index (κ1) is 23.9. The number of hydrogen-bond acceptors (Lipinski definition) is 5. The second kappa shape index (κ2) is 9.41. The summed E-state index contributed by atoms with van der Waals surface area (Å²) in [6.45, 7) is 5.76. The fraction of sp³-hybridized carbons (Fsp3) is 0.684. The van der Waals surface area contributed by atoms with E-state index in [9.17, 15) is 9.59 Å². The van der Waals surface area contributed by atoms with Gasteiger partial charge >= 0.3 is 0 Å². The summed E-state index contributed by atoms with van der Waals surface area (Å²) < 4.78 is -0.235. The van der Waals surface area contributed by atoms with Crippen LogP contribution in [0.1, 0.15) is 25.7 Å². The van der Waals surface area contributed by atoms with Crippen LogP contribution < -0.4 is 16.0 Å². The van der Waals surface area contributed by atoms with E-state index in [-0.39, 0.29) is 43.8 Å². The summed E-state index contributed by atoms with van der Waals surface area (Å²) in [5.74, 6) is 3.72. The van der Waals surface area contributed by atoms with Crippen LogP contribution in [0.15, 0.2) is 12.3 Å². The summed E-state index contributed by atoms with van der Waals surface area (Å²) in [7, 11) is 6.50. The zero-order valence-corrected chi connectivity index (χ0v) is 21.1. The molecule has 0 aliphatic carbocycles. The van der Waals surface area contributed by atoms with Gasteiger partial charge in [-0.1, -0.05) is 17.6 Å². The molecule has 160 valence electrons. The largest absolute Gasteiger partial charge is 0.374 e. The van der Waals surface area contributed by atoms with Crippen LogP contribution in [0.3, 0.4) is 0 Å². The van der Waals surface area contributed by atoms with E-state index >= 15 is 0 Å². The lowest BCUT2D eigenvalue weighted by Crippen LogP contribution is -2.60. The van der Waals surface area contributed by atoms with Crippen molar-refractivity contribution < 1.29 is 9.59 Å². The van der Waals surface area contributed by atoms with Crippen molar-refractivity contribution in [2.45, 2.75) is 51.8 Å². The number of thioether (sulfide) groups is 1. The molecule has 0 saturated carbocycles. The lowest BCUT2D eigenvalue weighted by molar-refractivity contribution is -0.138. The minimum absolute atomic E-state index is 0.0597. The van der Waals surface area contributed by atoms with E-state index in [4.69, 9.17) is 6.42 Å². The van der Waals surface area contributed by atoms with E-state index in [1.54, 1.807) is 0 Å². The molecule has 0 aromatic carbocycles. The summed E-state index contributed by atoms with van der Waals surface area (Å²) in [6, 6.07) is -0.533. The van der Waals surface area contributed by atoms with E-state index < -0.39 is 0 Å². The van der Waals surface area contributed by atoms with E-state index in [0.717, 1.165) is 37.3 Å². The molecule has 2 amide bonds. The normalized spacial score (nSPS) is 32.3. The number of piperidine rings is 1. The number of amides is 2. The quantitative estimate of drug-likeness (QED) is 0.114. The molecule has 0 spiro atoms. The summed E-state index contributed by atoms with van der Waals surface area (Å²) in [6.07, 6.45) is 8.93. The number of nitrogens with zero attached hydrogens (tertiary/aromatic N) is 1. The van der Waals surface area contributed by atoms with Gasteiger partial charge < -0.3 is 20.9 Å². The van der Waals surface area contributed by atoms with Gasteiger partial charge in [0.1, 0.15) is 2.88 Å². The molecule has 3 aliphatic rings. The topological polar surface area (TPSA) is 73.5 Å². The van der Waals surface area contributed by atoms with Crippen molar-refractivity contribution in [2.75, 3.05) is 18.8 Å². The molecule has 3 heterocycles. The number of fused-ring (bicyclic) bond motifs is 1. The molecule has 3 fully saturated rings. The van der Waals surface area contributed by atoms with Crippen LogP contribution in [0, 0.1) is 18.3 Å². The third kappa shape index (κ3) is 5.36. The number of alkyl halides is 1. The van der Waals surface area contributed by atoms with Gasteiger partial charge in [0.05, 0.1) is 41.7 Å². The highest BCUT2D eigenvalue weighted by Gasteiger charge is 2.53. The number of halogens is 1. The third-order valence-electron chi connectivity index (χ3n) is 5.94. The first-order valence-corrected chi connectivity index (χ1v) is 12.7. The Morgan fingerprint density at radius 3 is 2.80 bits per heavy atom. The Balaban J connectivity index is 1.66. The van der Waals surface area contributed by atoms with E-state index in [0.29, 0.717) is 13.0 Å². The lowest BCUT2D eigenvalue weighted by atomic mass is 9.42. The van der Waals surface area contributed by atoms with Crippen molar-refractivity contribution in [3.05, 3.63) is 12.3 Å². The number of carbonyl (C=O) groups excluding carboxylic acids is 2. The zero-order valence-electron chi connectivity index (χ0n) is 18.1. The lowest BCUT2D eigenvalue weighted by Gasteiger charge is -2.44. The molecule has 3 saturated heterocycles. The molecule has 0 bridgehead atoms. The molecule has 11 heteroatoms. The highest BCUT2D eigenvalue weighted by molar-refractivity contribution is 14.1. The van der Waals surface area contributed by atoms with Crippen molar-refractivity contribution >= 4 is 69.7 Å². The van der Waals surface area contributed by atoms with Crippen LogP contribution in [-0.4, -0.2) is 80.1 Å². The summed E-state index contributed by atoms with van der Waals surface area (Å²) in [4.78, 5) is 27.3. The molecule has 0 aromatic heterocycles. The van der Waals surface area contributed by atoms with Crippen molar-refractivity contribution in [1.82, 2.24) is 20.9 Å². The Labute approximate surface area is 200 Å². The van der Waals surface area contributed by atoms with E-state index in [1.807, 2.05) is 16.7 Å². The highest BCUT2D eigenvalue weighted by Crippen LogP contribution is 2.51. The smallest absolute Gasteiger partial charge is 0.242 e. The third-order valence-corrected chi connectivity index (χ3v) is 9.25. The Bertz CT molecular complexity index is 759. The standard InChI is InChI=1S/C19H30B3IN4O2S/c1-3-13(8-12-5-7-24-16(12)28)26-11(2)15-9-30-19(23)6-4-14(17(29)27(15)19)25-10-18(20,21)22/h1,12-15,25-26H,2,4-10,20-22H2,(H,24,28). The van der Waals surface area contributed by atoms with Gasteiger partial charge in [0.25, 0.3) is 0 Å². The molecule has 3 aliphatic heterocycles. The van der Waals surface area contributed by atoms with Gasteiger partial charge in [0.2, 0.25) is 11.8 Å². The van der Waals surface area contributed by atoms with Crippen LogP contribution in [0.25, 0.3) is 0 Å². The maximum Gasteiger partial charge on any atom is 0.242 e. The van der Waals surface area contributed by atoms with Gasteiger partial charge in [0, 0.05) is 23.9 Å². The molecule has 6 nitrogen and oxygen atoms in total. The molecule has 5 unspecified atom stereocenters. The first-order valence-electron chi connectivity index (χ1n) is 10.6. The molecular formula is C19H30B3IN4O2S. The van der Waals surface area contributed by atoms with Gasteiger partial charge in [-0.3, -0.25) is 9.59 Å². The summed E-state index contributed by atoms with van der Waals surface area (Å²) in [5, 5.41) is 9.81. The number of hydrogen-bond donors (Lipinski definition) is 3. The Hall–Kier alpha value is -0.725. The fourth-order valence-electron chi connectivity index (χ4n) is 4.23. The predicted molar refractivity (Wildman–Crippen MR) is 140 cm³/mol. The summed E-state index contributed by atoms with van der Waals surface area (Å²) in [5.41, 5.74) is 0.771. The maximum absolute atomic E-state index is 13.4. The van der Waals surface area contributed by atoms with Crippen molar-refractivity contribution in [1.29, 1.82) is 0 Å². The highest BCUT2D eigenvalue weighted by atomic mass is 127. The predicted octanol–water partition coefficient (Wildman–Crippen LogP) is -1.62. The van der Waals surface area contributed by atoms with Crippen LogP contribution in [0.2, 0.25) is 5.11 Å². The fourth-order valence-corrected chi connectivity index (χ4v) is 7.03. The first-order chi connectivity index (χ1) is 14.0. The number of nitrogens with one attached hydrogen (secondary N) is 3. The summed E-state index contributed by atoms with van der Waals surface area (Å²) >= 11 is 4.23. The van der Waals surface area contributed by atoms with Crippen LogP contribution in [-0.2, 0) is 9.59 Å². The van der Waals surface area contributed by atoms with Crippen LogP contribution in [0.5, 0.6) is 0 Å². The monoisotopic (exact) mass is 538 g/mol. The molecule has 5 atom stereocenters. The molecule has 30 heavy (non-hydrogen) atoms. The minimum Gasteiger partial charge on any atom is -0.374 e.